The van der Waals surface area contributed by atoms with E-state index in [1.165, 1.54) is 10.6 Å². The van der Waals surface area contributed by atoms with Crippen molar-refractivity contribution in [1.82, 2.24) is 9.88 Å². The van der Waals surface area contributed by atoms with E-state index in [1.807, 2.05) is 25.1 Å². The first-order valence-electron chi connectivity index (χ1n) is 10.6. The van der Waals surface area contributed by atoms with Crippen LogP contribution in [0.25, 0.3) is 5.69 Å². The number of carbonyl (C=O) groups excluding carboxylic acids is 2. The number of nitrogens with one attached hydrogen (secondary N) is 2. The Kier molecular flexibility index (Phi) is 6.47. The molecule has 7 nitrogen and oxygen atoms in total. The number of ether oxygens (including phenoxy) is 1. The summed E-state index contributed by atoms with van der Waals surface area (Å²) in [6.45, 7) is 3.03. The Morgan fingerprint density at radius 3 is 2.59 bits per heavy atom. The molecule has 2 heterocycles. The van der Waals surface area contributed by atoms with Crippen molar-refractivity contribution in [1.29, 1.82) is 0 Å². The van der Waals surface area contributed by atoms with Gasteiger partial charge in [-0.2, -0.15) is 0 Å². The van der Waals surface area contributed by atoms with Gasteiger partial charge in [0.2, 0.25) is 0 Å². The van der Waals surface area contributed by atoms with Crippen LogP contribution in [0.3, 0.4) is 0 Å². The number of aryl methyl sites for hydroxylation is 1. The van der Waals surface area contributed by atoms with Gasteiger partial charge in [0.15, 0.2) is 0 Å². The largest absolute Gasteiger partial charge is 0.376 e. The summed E-state index contributed by atoms with van der Waals surface area (Å²) in [6.07, 6.45) is 3.51. The van der Waals surface area contributed by atoms with E-state index in [-0.39, 0.29) is 17.6 Å². The smallest absolute Gasteiger partial charge is 0.267 e. The number of pyridine rings is 1. The summed E-state index contributed by atoms with van der Waals surface area (Å²) in [5.41, 5.74) is 2.45. The average Bonchev–Trinajstić information content (AvgIpc) is 3.32. The molecule has 0 spiro atoms. The van der Waals surface area contributed by atoms with Gasteiger partial charge in [-0.05, 0) is 68.3 Å². The fourth-order valence-electron chi connectivity index (χ4n) is 3.67. The third-order valence-corrected chi connectivity index (χ3v) is 5.39. The molecule has 32 heavy (non-hydrogen) atoms. The summed E-state index contributed by atoms with van der Waals surface area (Å²) in [5.74, 6) is -0.620. The van der Waals surface area contributed by atoms with Crippen LogP contribution in [0, 0.1) is 6.92 Å². The molecule has 0 saturated carbocycles. The van der Waals surface area contributed by atoms with Crippen molar-refractivity contribution in [3.63, 3.8) is 0 Å². The SMILES string of the molecule is Cc1cccc(C(=O)Nc2ccc(-n3cccc(C(=O)NC[C@H]4CCCO4)c3=O)cc2)c1. The number of hydrogen-bond acceptors (Lipinski definition) is 4. The Labute approximate surface area is 186 Å². The predicted molar refractivity (Wildman–Crippen MR) is 122 cm³/mol. The van der Waals surface area contributed by atoms with Crippen LogP contribution >= 0.6 is 0 Å². The summed E-state index contributed by atoms with van der Waals surface area (Å²) in [5, 5.41) is 5.64. The molecule has 1 saturated heterocycles. The van der Waals surface area contributed by atoms with Crippen LogP contribution in [0.1, 0.15) is 39.1 Å². The Morgan fingerprint density at radius 1 is 1.06 bits per heavy atom. The second-order valence-corrected chi connectivity index (χ2v) is 7.81. The van der Waals surface area contributed by atoms with Crippen LogP contribution in [0.4, 0.5) is 5.69 Å². The summed E-state index contributed by atoms with van der Waals surface area (Å²) in [6, 6.07) is 17.4. The minimum Gasteiger partial charge on any atom is -0.376 e. The van der Waals surface area contributed by atoms with Crippen molar-refractivity contribution in [2.24, 2.45) is 0 Å². The van der Waals surface area contributed by atoms with Crippen molar-refractivity contribution >= 4 is 17.5 Å². The number of hydrogen-bond donors (Lipinski definition) is 2. The lowest BCUT2D eigenvalue weighted by molar-refractivity contribution is 0.0856. The molecule has 1 aliphatic heterocycles. The van der Waals surface area contributed by atoms with E-state index in [0.717, 1.165) is 18.4 Å². The number of amides is 2. The van der Waals surface area contributed by atoms with Crippen molar-refractivity contribution < 1.29 is 14.3 Å². The molecule has 0 radical (unpaired) electrons. The molecule has 2 aromatic carbocycles. The maximum atomic E-state index is 12.9. The highest BCUT2D eigenvalue weighted by atomic mass is 16.5. The van der Waals surface area contributed by atoms with Gasteiger partial charge < -0.3 is 15.4 Å². The van der Waals surface area contributed by atoms with E-state index in [0.29, 0.717) is 30.1 Å². The summed E-state index contributed by atoms with van der Waals surface area (Å²) in [4.78, 5) is 37.8. The molecule has 7 heteroatoms. The van der Waals surface area contributed by atoms with E-state index < -0.39 is 11.5 Å². The highest BCUT2D eigenvalue weighted by Gasteiger charge is 2.18. The van der Waals surface area contributed by atoms with Gasteiger partial charge >= 0.3 is 0 Å². The second-order valence-electron chi connectivity index (χ2n) is 7.81. The van der Waals surface area contributed by atoms with Crippen molar-refractivity contribution in [3.05, 3.63) is 93.9 Å². The molecular formula is C25H25N3O4. The first kappa shape index (κ1) is 21.5. The molecule has 4 rings (SSSR count). The van der Waals surface area contributed by atoms with Gasteiger partial charge in [0.1, 0.15) is 5.56 Å². The summed E-state index contributed by atoms with van der Waals surface area (Å²) < 4.78 is 6.92. The Bertz CT molecular complexity index is 1180. The number of anilines is 1. The molecule has 0 unspecified atom stereocenters. The van der Waals surface area contributed by atoms with Crippen molar-refractivity contribution in [2.45, 2.75) is 25.9 Å². The maximum absolute atomic E-state index is 12.9. The fourth-order valence-corrected chi connectivity index (χ4v) is 3.67. The van der Waals surface area contributed by atoms with E-state index in [1.54, 1.807) is 42.6 Å². The fraction of sp³-hybridized carbons (Fsp3) is 0.240. The molecule has 1 aliphatic rings. The number of benzene rings is 2. The van der Waals surface area contributed by atoms with Gasteiger partial charge in [-0.1, -0.05) is 17.7 Å². The zero-order chi connectivity index (χ0) is 22.5. The molecule has 0 aliphatic carbocycles. The molecule has 1 fully saturated rings. The number of rotatable bonds is 6. The van der Waals surface area contributed by atoms with Gasteiger partial charge in [-0.3, -0.25) is 19.0 Å². The molecule has 3 aromatic rings. The van der Waals surface area contributed by atoms with Gasteiger partial charge in [0.25, 0.3) is 17.4 Å². The predicted octanol–water partition coefficient (Wildman–Crippen LogP) is 3.31. The zero-order valence-electron chi connectivity index (χ0n) is 17.8. The average molecular weight is 431 g/mol. The van der Waals surface area contributed by atoms with Crippen LogP contribution in [0.15, 0.2) is 71.7 Å². The van der Waals surface area contributed by atoms with Gasteiger partial charge in [0.05, 0.1) is 6.10 Å². The Balaban J connectivity index is 1.46. The second kappa shape index (κ2) is 9.62. The summed E-state index contributed by atoms with van der Waals surface area (Å²) in [7, 11) is 0. The van der Waals surface area contributed by atoms with E-state index in [4.69, 9.17) is 4.74 Å². The Hall–Kier alpha value is -3.71. The van der Waals surface area contributed by atoms with E-state index in [2.05, 4.69) is 10.6 Å². The molecule has 0 bridgehead atoms. The first-order chi connectivity index (χ1) is 15.5. The van der Waals surface area contributed by atoms with Crippen LogP contribution in [0.2, 0.25) is 0 Å². The monoisotopic (exact) mass is 431 g/mol. The zero-order valence-corrected chi connectivity index (χ0v) is 17.8. The normalized spacial score (nSPS) is 15.3. The van der Waals surface area contributed by atoms with Crippen LogP contribution in [-0.4, -0.2) is 35.6 Å². The van der Waals surface area contributed by atoms with Crippen molar-refractivity contribution in [2.75, 3.05) is 18.5 Å². The minimum absolute atomic E-state index is 0.00689. The first-order valence-corrected chi connectivity index (χ1v) is 10.6. The van der Waals surface area contributed by atoms with Gasteiger partial charge in [-0.25, -0.2) is 0 Å². The van der Waals surface area contributed by atoms with Crippen molar-refractivity contribution in [3.8, 4) is 5.69 Å². The molecular weight excluding hydrogens is 406 g/mol. The number of carbonyl (C=O) groups is 2. The summed E-state index contributed by atoms with van der Waals surface area (Å²) >= 11 is 0. The van der Waals surface area contributed by atoms with Gasteiger partial charge in [-0.15, -0.1) is 0 Å². The third kappa shape index (κ3) is 4.95. The molecule has 1 aromatic heterocycles. The van der Waals surface area contributed by atoms with Crippen LogP contribution in [0.5, 0.6) is 0 Å². The van der Waals surface area contributed by atoms with Crippen LogP contribution < -0.4 is 16.2 Å². The lowest BCUT2D eigenvalue weighted by Crippen LogP contribution is -2.36. The lowest BCUT2D eigenvalue weighted by atomic mass is 10.1. The topological polar surface area (TPSA) is 89.4 Å². The van der Waals surface area contributed by atoms with Crippen LogP contribution in [-0.2, 0) is 4.74 Å². The Morgan fingerprint density at radius 2 is 1.88 bits per heavy atom. The molecule has 2 amide bonds. The highest BCUT2D eigenvalue weighted by Crippen LogP contribution is 2.15. The molecule has 2 N–H and O–H groups in total. The number of aromatic nitrogens is 1. The highest BCUT2D eigenvalue weighted by molar-refractivity contribution is 6.04. The lowest BCUT2D eigenvalue weighted by Gasteiger charge is -2.12. The molecule has 164 valence electrons. The van der Waals surface area contributed by atoms with Gasteiger partial charge in [0, 0.05) is 36.3 Å². The maximum Gasteiger partial charge on any atom is 0.267 e. The standard InChI is InChI=1S/C25H25N3O4/c1-17-5-2-6-18(15-17)23(29)27-19-9-11-20(12-10-19)28-13-3-8-22(25(28)31)24(30)26-16-21-7-4-14-32-21/h2-3,5-6,8-13,15,21H,4,7,14,16H2,1H3,(H,26,30)(H,27,29)/t21-/m1/s1. The molecule has 1 atom stereocenters. The minimum atomic E-state index is -0.415. The van der Waals surface area contributed by atoms with E-state index in [9.17, 15) is 14.4 Å². The van der Waals surface area contributed by atoms with E-state index >= 15 is 0 Å². The quantitative estimate of drug-likeness (QED) is 0.627. The number of nitrogens with zero attached hydrogens (tertiary/aromatic N) is 1. The third-order valence-electron chi connectivity index (χ3n) is 5.39.